The zero-order valence-electron chi connectivity index (χ0n) is 10.0. The number of ether oxygens (including phenoxy) is 1. The van der Waals surface area contributed by atoms with Crippen molar-refractivity contribution >= 4 is 11.7 Å². The predicted octanol–water partition coefficient (Wildman–Crippen LogP) is 2.50. The third kappa shape index (κ3) is 2.46. The number of nitrogens with one attached hydrogen (secondary N) is 1. The highest BCUT2D eigenvalue weighted by atomic mass is 19.1. The van der Waals surface area contributed by atoms with Gasteiger partial charge < -0.3 is 10.1 Å². The first-order valence-corrected chi connectivity index (χ1v) is 5.86. The molecule has 1 amide bonds. The van der Waals surface area contributed by atoms with Crippen molar-refractivity contribution in [3.05, 3.63) is 59.0 Å². The molecule has 0 bridgehead atoms. The van der Waals surface area contributed by atoms with Gasteiger partial charge in [-0.25, -0.2) is 4.98 Å². The van der Waals surface area contributed by atoms with Gasteiger partial charge in [0.05, 0.1) is 13.2 Å². The molecule has 0 radical (unpaired) electrons. The summed E-state index contributed by atoms with van der Waals surface area (Å²) in [5.74, 6) is -0.741. The van der Waals surface area contributed by atoms with Crippen molar-refractivity contribution in [2.24, 2.45) is 0 Å². The van der Waals surface area contributed by atoms with E-state index in [0.29, 0.717) is 18.8 Å². The maximum atomic E-state index is 12.9. The first-order chi connectivity index (χ1) is 9.22. The molecule has 1 N–H and O–H groups in total. The van der Waals surface area contributed by atoms with E-state index >= 15 is 0 Å². The summed E-state index contributed by atoms with van der Waals surface area (Å²) in [4.78, 5) is 15.6. The molecule has 1 aromatic heterocycles. The summed E-state index contributed by atoms with van der Waals surface area (Å²) >= 11 is 0. The third-order valence-corrected chi connectivity index (χ3v) is 2.94. The largest absolute Gasteiger partial charge is 0.372 e. The lowest BCUT2D eigenvalue weighted by Gasteiger charge is -2.05. The lowest BCUT2D eigenvalue weighted by Crippen LogP contribution is -2.13. The van der Waals surface area contributed by atoms with Gasteiger partial charge in [-0.3, -0.25) is 4.79 Å². The minimum Gasteiger partial charge on any atom is -0.372 e. The van der Waals surface area contributed by atoms with Crippen molar-refractivity contribution in [2.75, 3.05) is 5.32 Å². The summed E-state index contributed by atoms with van der Waals surface area (Å²) in [6, 6.07) is 9.64. The van der Waals surface area contributed by atoms with E-state index in [9.17, 15) is 9.18 Å². The normalized spacial score (nSPS) is 13.1. The van der Waals surface area contributed by atoms with E-state index in [1.54, 1.807) is 12.1 Å². The molecule has 3 rings (SSSR count). The maximum absolute atomic E-state index is 12.9. The quantitative estimate of drug-likeness (QED) is 0.842. The van der Waals surface area contributed by atoms with Crippen LogP contribution in [0.4, 0.5) is 10.2 Å². The van der Waals surface area contributed by atoms with E-state index < -0.39 is 5.95 Å². The second kappa shape index (κ2) is 4.78. The smallest absolute Gasteiger partial charge is 0.256 e. The third-order valence-electron chi connectivity index (χ3n) is 2.94. The van der Waals surface area contributed by atoms with Gasteiger partial charge in [-0.05, 0) is 35.4 Å². The molecule has 96 valence electrons. The molecule has 2 heterocycles. The van der Waals surface area contributed by atoms with Gasteiger partial charge in [0.25, 0.3) is 5.91 Å². The SMILES string of the molecule is O=C(Nc1cccc(F)n1)c1ccc2c(c1)COC2. The van der Waals surface area contributed by atoms with E-state index in [-0.39, 0.29) is 11.7 Å². The zero-order chi connectivity index (χ0) is 13.2. The Kier molecular flexibility index (Phi) is 2.97. The van der Waals surface area contributed by atoms with Gasteiger partial charge in [-0.1, -0.05) is 12.1 Å². The predicted molar refractivity (Wildman–Crippen MR) is 67.1 cm³/mol. The topological polar surface area (TPSA) is 51.2 Å². The van der Waals surface area contributed by atoms with Crippen LogP contribution in [0, 0.1) is 5.95 Å². The van der Waals surface area contributed by atoms with Crippen LogP contribution in [0.3, 0.4) is 0 Å². The van der Waals surface area contributed by atoms with Crippen LogP contribution < -0.4 is 5.32 Å². The summed E-state index contributed by atoms with van der Waals surface area (Å²) in [5.41, 5.74) is 2.62. The minimum absolute atomic E-state index is 0.196. The van der Waals surface area contributed by atoms with E-state index in [0.717, 1.165) is 11.1 Å². The van der Waals surface area contributed by atoms with E-state index in [1.165, 1.54) is 18.2 Å². The second-order valence-electron chi connectivity index (χ2n) is 4.28. The Morgan fingerprint density at radius 1 is 1.21 bits per heavy atom. The molecule has 0 unspecified atom stereocenters. The molecule has 4 nitrogen and oxygen atoms in total. The summed E-state index contributed by atoms with van der Waals surface area (Å²) in [7, 11) is 0. The number of carbonyl (C=O) groups excluding carboxylic acids is 1. The van der Waals surface area contributed by atoms with Crippen LogP contribution in [-0.2, 0) is 18.0 Å². The average Bonchev–Trinajstić information content (AvgIpc) is 2.85. The molecule has 0 saturated carbocycles. The van der Waals surface area contributed by atoms with Gasteiger partial charge >= 0.3 is 0 Å². The zero-order valence-corrected chi connectivity index (χ0v) is 10.0. The average molecular weight is 258 g/mol. The number of rotatable bonds is 2. The van der Waals surface area contributed by atoms with E-state index in [4.69, 9.17) is 4.74 Å². The van der Waals surface area contributed by atoms with Gasteiger partial charge in [0.15, 0.2) is 0 Å². The molecular formula is C14H11FN2O2. The van der Waals surface area contributed by atoms with Gasteiger partial charge in [-0.2, -0.15) is 4.39 Å². The molecule has 1 aliphatic heterocycles. The number of anilines is 1. The highest BCUT2D eigenvalue weighted by molar-refractivity contribution is 6.03. The van der Waals surface area contributed by atoms with Crippen LogP contribution in [0.25, 0.3) is 0 Å². The number of pyridine rings is 1. The fourth-order valence-corrected chi connectivity index (χ4v) is 1.98. The van der Waals surface area contributed by atoms with Gasteiger partial charge in [-0.15, -0.1) is 0 Å². The van der Waals surface area contributed by atoms with E-state index in [1.807, 2.05) is 6.07 Å². The van der Waals surface area contributed by atoms with Crippen molar-refractivity contribution in [1.82, 2.24) is 4.98 Å². The molecule has 5 heteroatoms. The number of carbonyl (C=O) groups is 1. The van der Waals surface area contributed by atoms with Crippen LogP contribution in [0.15, 0.2) is 36.4 Å². The van der Waals surface area contributed by atoms with Crippen molar-refractivity contribution in [1.29, 1.82) is 0 Å². The Morgan fingerprint density at radius 2 is 2.05 bits per heavy atom. The molecule has 0 aliphatic carbocycles. The summed E-state index contributed by atoms with van der Waals surface area (Å²) in [5, 5.41) is 2.56. The molecule has 2 aromatic rings. The van der Waals surface area contributed by atoms with Gasteiger partial charge in [0, 0.05) is 5.56 Å². The number of halogens is 1. The summed E-state index contributed by atoms with van der Waals surface area (Å²) in [6.07, 6.45) is 0. The van der Waals surface area contributed by atoms with Crippen LogP contribution in [0.1, 0.15) is 21.5 Å². The molecule has 0 fully saturated rings. The summed E-state index contributed by atoms with van der Waals surface area (Å²) < 4.78 is 18.2. The Balaban J connectivity index is 1.81. The number of fused-ring (bicyclic) bond motifs is 1. The van der Waals surface area contributed by atoms with Crippen LogP contribution in [0.2, 0.25) is 0 Å². The molecule has 0 atom stereocenters. The number of amides is 1. The second-order valence-corrected chi connectivity index (χ2v) is 4.28. The first-order valence-electron chi connectivity index (χ1n) is 5.86. The Morgan fingerprint density at radius 3 is 2.89 bits per heavy atom. The van der Waals surface area contributed by atoms with Gasteiger partial charge in [0.2, 0.25) is 5.95 Å². The van der Waals surface area contributed by atoms with Crippen molar-refractivity contribution in [3.63, 3.8) is 0 Å². The number of benzene rings is 1. The highest BCUT2D eigenvalue weighted by Crippen LogP contribution is 2.21. The van der Waals surface area contributed by atoms with Crippen LogP contribution >= 0.6 is 0 Å². The van der Waals surface area contributed by atoms with Crippen LogP contribution in [0.5, 0.6) is 0 Å². The lowest BCUT2D eigenvalue weighted by molar-refractivity contribution is 0.102. The van der Waals surface area contributed by atoms with Crippen molar-refractivity contribution in [3.8, 4) is 0 Å². The van der Waals surface area contributed by atoms with Gasteiger partial charge in [0.1, 0.15) is 5.82 Å². The minimum atomic E-state index is -0.625. The number of hydrogen-bond acceptors (Lipinski definition) is 3. The Bertz CT molecular complexity index is 643. The molecule has 0 spiro atoms. The number of aromatic nitrogens is 1. The molecule has 19 heavy (non-hydrogen) atoms. The Labute approximate surface area is 109 Å². The fourth-order valence-electron chi connectivity index (χ4n) is 1.98. The van der Waals surface area contributed by atoms with Crippen molar-refractivity contribution < 1.29 is 13.9 Å². The Hall–Kier alpha value is -2.27. The molecular weight excluding hydrogens is 247 g/mol. The maximum Gasteiger partial charge on any atom is 0.256 e. The number of hydrogen-bond donors (Lipinski definition) is 1. The van der Waals surface area contributed by atoms with Crippen LogP contribution in [-0.4, -0.2) is 10.9 Å². The lowest BCUT2D eigenvalue weighted by atomic mass is 10.1. The fraction of sp³-hybridized carbons (Fsp3) is 0.143. The van der Waals surface area contributed by atoms with Crippen molar-refractivity contribution in [2.45, 2.75) is 13.2 Å². The monoisotopic (exact) mass is 258 g/mol. The standard InChI is InChI=1S/C14H11FN2O2/c15-12-2-1-3-13(16-12)17-14(18)9-4-5-10-7-19-8-11(10)6-9/h1-6H,7-8H2,(H,16,17,18). The summed E-state index contributed by atoms with van der Waals surface area (Å²) in [6.45, 7) is 1.11. The molecule has 1 aliphatic rings. The highest BCUT2D eigenvalue weighted by Gasteiger charge is 2.14. The molecule has 1 aromatic carbocycles. The number of nitrogens with zero attached hydrogens (tertiary/aromatic N) is 1. The van der Waals surface area contributed by atoms with E-state index in [2.05, 4.69) is 10.3 Å². The molecule has 0 saturated heterocycles. The first kappa shape index (κ1) is 11.8.